The summed E-state index contributed by atoms with van der Waals surface area (Å²) in [7, 11) is 0. The summed E-state index contributed by atoms with van der Waals surface area (Å²) in [5.41, 5.74) is 4.22. The van der Waals surface area contributed by atoms with Gasteiger partial charge in [0.05, 0.1) is 52.3 Å². The summed E-state index contributed by atoms with van der Waals surface area (Å²) in [6.45, 7) is 2.06. The van der Waals surface area contributed by atoms with Gasteiger partial charge in [0.25, 0.3) is 5.91 Å². The number of ether oxygens (including phenoxy) is 4. The van der Waals surface area contributed by atoms with Crippen molar-refractivity contribution in [3.8, 4) is 11.5 Å². The maximum absolute atomic E-state index is 14.0. The largest absolute Gasteiger partial charge is 0.454 e. The number of hydrogen-bond donors (Lipinski definition) is 2. The molecule has 1 fully saturated rings. The van der Waals surface area contributed by atoms with Crippen LogP contribution in [0.3, 0.4) is 0 Å². The van der Waals surface area contributed by atoms with E-state index in [2.05, 4.69) is 15.3 Å². The lowest BCUT2D eigenvalue weighted by molar-refractivity contribution is -0.129. The Morgan fingerprint density at radius 2 is 1.86 bits per heavy atom. The van der Waals surface area contributed by atoms with Gasteiger partial charge in [0, 0.05) is 23.0 Å². The molecule has 0 radical (unpaired) electrons. The van der Waals surface area contributed by atoms with Crippen LogP contribution in [0.2, 0.25) is 0 Å². The van der Waals surface area contributed by atoms with Crippen LogP contribution in [0.15, 0.2) is 48.7 Å². The zero-order valence-corrected chi connectivity index (χ0v) is 22.8. The Morgan fingerprint density at radius 1 is 1.02 bits per heavy atom. The molecular formula is C29H30N6O7. The highest BCUT2D eigenvalue weighted by Gasteiger charge is 2.52. The number of aromatic amines is 1. The standard InChI is InChI=1S/C29H30N6O7/c36-8-10-40-12-11-39-9-7-33-15-19(31-32-33)16-34-28(37)23-14-21-20-3-1-2-4-22(20)30-26(21)27(35(23)29(34)38)18-5-6-24-25(13-18)42-17-41-24/h1-6,13,15,23,27,30,36H,7-12,14,16-17H2/t23-,27+/m0/s1. The molecule has 7 rings (SSSR count). The number of nitrogens with zero attached hydrogens (tertiary/aromatic N) is 5. The number of nitrogens with one attached hydrogen (secondary N) is 1. The van der Waals surface area contributed by atoms with Gasteiger partial charge >= 0.3 is 6.03 Å². The van der Waals surface area contributed by atoms with Gasteiger partial charge in [0.1, 0.15) is 17.8 Å². The molecule has 5 heterocycles. The number of urea groups is 1. The number of para-hydroxylation sites is 1. The van der Waals surface area contributed by atoms with E-state index >= 15 is 0 Å². The van der Waals surface area contributed by atoms with E-state index in [1.807, 2.05) is 42.5 Å². The first-order valence-corrected chi connectivity index (χ1v) is 13.9. The van der Waals surface area contributed by atoms with Crippen molar-refractivity contribution in [3.05, 3.63) is 71.2 Å². The van der Waals surface area contributed by atoms with Crippen LogP contribution in [-0.2, 0) is 33.8 Å². The van der Waals surface area contributed by atoms with Crippen LogP contribution in [0.25, 0.3) is 10.9 Å². The van der Waals surface area contributed by atoms with Crippen molar-refractivity contribution in [2.24, 2.45) is 0 Å². The number of rotatable bonds is 11. The number of amides is 3. The molecule has 3 aliphatic rings. The van der Waals surface area contributed by atoms with E-state index in [4.69, 9.17) is 24.1 Å². The van der Waals surface area contributed by atoms with Crippen LogP contribution in [0.1, 0.15) is 28.6 Å². The van der Waals surface area contributed by atoms with E-state index in [0.717, 1.165) is 27.7 Å². The average Bonchev–Trinajstić information content (AvgIpc) is 3.79. The van der Waals surface area contributed by atoms with Crippen molar-refractivity contribution in [1.29, 1.82) is 0 Å². The predicted molar refractivity (Wildman–Crippen MR) is 147 cm³/mol. The molecule has 3 aliphatic heterocycles. The molecular weight excluding hydrogens is 544 g/mol. The number of aliphatic hydroxyl groups excluding tert-OH is 1. The Morgan fingerprint density at radius 3 is 2.74 bits per heavy atom. The number of H-pyrrole nitrogens is 1. The predicted octanol–water partition coefficient (Wildman–Crippen LogP) is 1.99. The first-order valence-electron chi connectivity index (χ1n) is 13.9. The number of imide groups is 1. The van der Waals surface area contributed by atoms with E-state index in [1.165, 1.54) is 4.90 Å². The second-order valence-electron chi connectivity index (χ2n) is 10.3. The van der Waals surface area contributed by atoms with E-state index in [0.29, 0.717) is 50.0 Å². The van der Waals surface area contributed by atoms with Crippen LogP contribution >= 0.6 is 0 Å². The number of benzene rings is 2. The highest BCUT2D eigenvalue weighted by Crippen LogP contribution is 2.46. The van der Waals surface area contributed by atoms with Crippen molar-refractivity contribution < 1.29 is 33.6 Å². The van der Waals surface area contributed by atoms with Gasteiger partial charge in [-0.3, -0.25) is 14.6 Å². The first-order chi connectivity index (χ1) is 20.6. The third-order valence-corrected chi connectivity index (χ3v) is 7.83. The van der Waals surface area contributed by atoms with Crippen LogP contribution in [0, 0.1) is 0 Å². The minimum atomic E-state index is -0.656. The molecule has 2 aromatic heterocycles. The highest BCUT2D eigenvalue weighted by molar-refractivity contribution is 6.05. The summed E-state index contributed by atoms with van der Waals surface area (Å²) in [6.07, 6.45) is 2.13. The maximum atomic E-state index is 14.0. The molecule has 0 unspecified atom stereocenters. The second kappa shape index (κ2) is 11.1. The fourth-order valence-electron chi connectivity index (χ4n) is 5.93. The summed E-state index contributed by atoms with van der Waals surface area (Å²) < 4.78 is 23.5. The number of fused-ring (bicyclic) bond motifs is 5. The molecule has 0 bridgehead atoms. The number of aliphatic hydroxyl groups is 1. The molecule has 13 heteroatoms. The normalized spacial score (nSPS) is 19.2. The Kier molecular flexibility index (Phi) is 6.98. The van der Waals surface area contributed by atoms with Crippen LogP contribution < -0.4 is 9.47 Å². The number of hydrogen-bond acceptors (Lipinski definition) is 9. The average molecular weight is 575 g/mol. The van der Waals surface area contributed by atoms with Gasteiger partial charge in [-0.1, -0.05) is 29.5 Å². The quantitative estimate of drug-likeness (QED) is 0.203. The number of carbonyl (C=O) groups excluding carboxylic acids is 2. The Labute approximate surface area is 240 Å². The topological polar surface area (TPSA) is 144 Å². The molecule has 2 N–H and O–H groups in total. The molecule has 3 amide bonds. The SMILES string of the molecule is O=C1[C@@H]2Cc3c([nH]c4ccccc34)[C@@H](c3ccc4c(c3)OCO4)N2C(=O)N1Cc1cn(CCOCCOCCO)nn1. The summed E-state index contributed by atoms with van der Waals surface area (Å²) >= 11 is 0. The molecule has 0 aliphatic carbocycles. The molecule has 4 aromatic rings. The second-order valence-corrected chi connectivity index (χ2v) is 10.3. The molecule has 218 valence electrons. The molecule has 2 atom stereocenters. The third-order valence-electron chi connectivity index (χ3n) is 7.83. The molecule has 0 saturated carbocycles. The lowest BCUT2D eigenvalue weighted by Crippen LogP contribution is -2.44. The van der Waals surface area contributed by atoms with E-state index in [9.17, 15) is 9.59 Å². The van der Waals surface area contributed by atoms with Crippen LogP contribution in [-0.4, -0.2) is 92.7 Å². The van der Waals surface area contributed by atoms with E-state index in [-0.39, 0.29) is 38.5 Å². The Balaban J connectivity index is 1.12. The molecule has 2 aromatic carbocycles. The van der Waals surface area contributed by atoms with Gasteiger partial charge in [-0.25, -0.2) is 9.48 Å². The van der Waals surface area contributed by atoms with E-state index in [1.54, 1.807) is 15.8 Å². The van der Waals surface area contributed by atoms with Gasteiger partial charge in [-0.2, -0.15) is 0 Å². The zero-order chi connectivity index (χ0) is 28.6. The van der Waals surface area contributed by atoms with Crippen molar-refractivity contribution >= 4 is 22.8 Å². The van der Waals surface area contributed by atoms with Gasteiger partial charge in [0.15, 0.2) is 11.5 Å². The van der Waals surface area contributed by atoms with Crippen LogP contribution in [0.5, 0.6) is 11.5 Å². The molecule has 42 heavy (non-hydrogen) atoms. The summed E-state index contributed by atoms with van der Waals surface area (Å²) in [4.78, 5) is 34.3. The maximum Gasteiger partial charge on any atom is 0.328 e. The fraction of sp³-hybridized carbons (Fsp3) is 0.379. The minimum Gasteiger partial charge on any atom is -0.454 e. The van der Waals surface area contributed by atoms with Gasteiger partial charge in [-0.15, -0.1) is 5.10 Å². The summed E-state index contributed by atoms with van der Waals surface area (Å²) in [5, 5.41) is 18.1. The minimum absolute atomic E-state index is 0.0169. The summed E-state index contributed by atoms with van der Waals surface area (Å²) in [6, 6.07) is 12.1. The Hall–Kier alpha value is -4.46. The van der Waals surface area contributed by atoms with Crippen molar-refractivity contribution in [2.75, 3.05) is 39.8 Å². The Bertz CT molecular complexity index is 1630. The lowest BCUT2D eigenvalue weighted by atomic mass is 9.88. The first kappa shape index (κ1) is 26.4. The summed E-state index contributed by atoms with van der Waals surface area (Å²) in [5.74, 6) is 1.000. The van der Waals surface area contributed by atoms with Crippen molar-refractivity contribution in [3.63, 3.8) is 0 Å². The molecule has 0 spiro atoms. The van der Waals surface area contributed by atoms with Gasteiger partial charge < -0.3 is 29.0 Å². The fourth-order valence-corrected chi connectivity index (χ4v) is 5.93. The number of aromatic nitrogens is 4. The molecule has 1 saturated heterocycles. The third kappa shape index (κ3) is 4.65. The van der Waals surface area contributed by atoms with E-state index < -0.39 is 12.1 Å². The smallest absolute Gasteiger partial charge is 0.328 e. The molecule has 13 nitrogen and oxygen atoms in total. The highest BCUT2D eigenvalue weighted by atomic mass is 16.7. The van der Waals surface area contributed by atoms with Crippen molar-refractivity contribution in [1.82, 2.24) is 29.8 Å². The monoisotopic (exact) mass is 574 g/mol. The lowest BCUT2D eigenvalue weighted by Gasteiger charge is -2.36. The van der Waals surface area contributed by atoms with Crippen molar-refractivity contribution in [2.45, 2.75) is 31.6 Å². The van der Waals surface area contributed by atoms with Crippen LogP contribution in [0.4, 0.5) is 4.79 Å². The van der Waals surface area contributed by atoms with Gasteiger partial charge in [-0.05, 0) is 29.3 Å². The zero-order valence-electron chi connectivity index (χ0n) is 22.8. The number of carbonyl (C=O) groups is 2. The van der Waals surface area contributed by atoms with Gasteiger partial charge in [0.2, 0.25) is 6.79 Å².